The summed E-state index contributed by atoms with van der Waals surface area (Å²) in [5.74, 6) is -1.30. The lowest BCUT2D eigenvalue weighted by Crippen LogP contribution is -2.09. The van der Waals surface area contributed by atoms with Crippen LogP contribution in [-0.4, -0.2) is 6.54 Å². The van der Waals surface area contributed by atoms with Crippen LogP contribution in [0.25, 0.3) is 0 Å². The third-order valence-corrected chi connectivity index (χ3v) is 1.89. The highest BCUT2D eigenvalue weighted by Gasteiger charge is 2.34. The van der Waals surface area contributed by atoms with Gasteiger partial charge >= 0.3 is 6.18 Å². The van der Waals surface area contributed by atoms with Crippen LogP contribution in [-0.2, 0) is 6.18 Å². The molecule has 0 spiro atoms. The van der Waals surface area contributed by atoms with Crippen molar-refractivity contribution in [3.63, 3.8) is 0 Å². The first kappa shape index (κ1) is 12.8. The van der Waals surface area contributed by atoms with Crippen molar-refractivity contribution in [3.05, 3.63) is 41.2 Å². The molecule has 1 nitrogen and oxygen atoms in total. The highest BCUT2D eigenvalue weighted by atomic mass is 35.5. The van der Waals surface area contributed by atoms with Crippen LogP contribution in [0.4, 0.5) is 23.2 Å². The van der Waals surface area contributed by atoms with Crippen LogP contribution in [0.3, 0.4) is 0 Å². The highest BCUT2D eigenvalue weighted by molar-refractivity contribution is 6.29. The Morgan fingerprint density at radius 3 is 2.50 bits per heavy atom. The van der Waals surface area contributed by atoms with Gasteiger partial charge in [0.1, 0.15) is 5.82 Å². The van der Waals surface area contributed by atoms with E-state index < -0.39 is 17.6 Å². The van der Waals surface area contributed by atoms with E-state index in [4.69, 9.17) is 11.6 Å². The SMILES string of the molecule is C=C(Cl)CNc1ccc(F)c(C(F)(F)F)c1. The molecule has 0 bridgehead atoms. The second-order valence-corrected chi connectivity index (χ2v) is 3.60. The fraction of sp³-hybridized carbons (Fsp3) is 0.200. The van der Waals surface area contributed by atoms with Gasteiger partial charge in [-0.05, 0) is 18.2 Å². The monoisotopic (exact) mass is 253 g/mol. The fourth-order valence-electron chi connectivity index (χ4n) is 1.05. The van der Waals surface area contributed by atoms with Gasteiger partial charge in [0, 0.05) is 10.7 Å². The van der Waals surface area contributed by atoms with Crippen LogP contribution in [0.1, 0.15) is 5.56 Å². The molecule has 0 atom stereocenters. The quantitative estimate of drug-likeness (QED) is 0.803. The van der Waals surface area contributed by atoms with E-state index in [2.05, 4.69) is 11.9 Å². The van der Waals surface area contributed by atoms with E-state index in [1.165, 1.54) is 6.07 Å². The number of halogens is 5. The van der Waals surface area contributed by atoms with E-state index in [9.17, 15) is 17.6 Å². The van der Waals surface area contributed by atoms with Crippen molar-refractivity contribution in [2.24, 2.45) is 0 Å². The van der Waals surface area contributed by atoms with Gasteiger partial charge in [-0.25, -0.2) is 4.39 Å². The van der Waals surface area contributed by atoms with Crippen molar-refractivity contribution in [3.8, 4) is 0 Å². The van der Waals surface area contributed by atoms with Gasteiger partial charge in [-0.2, -0.15) is 13.2 Å². The first-order chi connectivity index (χ1) is 7.30. The van der Waals surface area contributed by atoms with Gasteiger partial charge in [-0.3, -0.25) is 0 Å². The molecule has 0 amide bonds. The lowest BCUT2D eigenvalue weighted by atomic mass is 10.2. The zero-order valence-corrected chi connectivity index (χ0v) is 8.79. The number of hydrogen-bond acceptors (Lipinski definition) is 1. The minimum absolute atomic E-state index is 0.116. The predicted octanol–water partition coefficient (Wildman–Crippen LogP) is 4.01. The average molecular weight is 254 g/mol. The normalized spacial score (nSPS) is 11.3. The summed E-state index contributed by atoms with van der Waals surface area (Å²) in [6.07, 6.45) is -4.71. The third-order valence-electron chi connectivity index (χ3n) is 1.76. The van der Waals surface area contributed by atoms with Crippen molar-refractivity contribution < 1.29 is 17.6 Å². The molecular formula is C10H8ClF4N. The van der Waals surface area contributed by atoms with Crippen LogP contribution >= 0.6 is 11.6 Å². The van der Waals surface area contributed by atoms with E-state index >= 15 is 0 Å². The van der Waals surface area contributed by atoms with Gasteiger partial charge in [-0.15, -0.1) is 0 Å². The molecule has 1 aromatic carbocycles. The molecule has 88 valence electrons. The number of nitrogens with one attached hydrogen (secondary N) is 1. The van der Waals surface area contributed by atoms with Gasteiger partial charge in [0.25, 0.3) is 0 Å². The number of anilines is 1. The van der Waals surface area contributed by atoms with Crippen molar-refractivity contribution in [2.75, 3.05) is 11.9 Å². The zero-order valence-electron chi connectivity index (χ0n) is 8.04. The summed E-state index contributed by atoms with van der Waals surface area (Å²) in [7, 11) is 0. The zero-order chi connectivity index (χ0) is 12.3. The van der Waals surface area contributed by atoms with Gasteiger partial charge in [0.15, 0.2) is 0 Å². The summed E-state index contributed by atoms with van der Waals surface area (Å²) in [5.41, 5.74) is -1.17. The van der Waals surface area contributed by atoms with Crippen molar-refractivity contribution in [1.82, 2.24) is 0 Å². The number of rotatable bonds is 3. The van der Waals surface area contributed by atoms with Crippen molar-refractivity contribution >= 4 is 17.3 Å². The Kier molecular flexibility index (Phi) is 3.80. The predicted molar refractivity (Wildman–Crippen MR) is 54.9 cm³/mol. The van der Waals surface area contributed by atoms with Gasteiger partial charge in [0.05, 0.1) is 12.1 Å². The molecule has 0 heterocycles. The van der Waals surface area contributed by atoms with Gasteiger partial charge in [-0.1, -0.05) is 18.2 Å². The largest absolute Gasteiger partial charge is 0.419 e. The maximum absolute atomic E-state index is 12.9. The molecular weight excluding hydrogens is 246 g/mol. The van der Waals surface area contributed by atoms with Crippen molar-refractivity contribution in [1.29, 1.82) is 0 Å². The van der Waals surface area contributed by atoms with Gasteiger partial charge in [0.2, 0.25) is 0 Å². The summed E-state index contributed by atoms with van der Waals surface area (Å²) < 4.78 is 49.8. The molecule has 0 aliphatic rings. The molecule has 6 heteroatoms. The fourth-order valence-corrected chi connectivity index (χ4v) is 1.12. The Morgan fingerprint density at radius 1 is 1.38 bits per heavy atom. The smallest absolute Gasteiger partial charge is 0.380 e. The van der Waals surface area contributed by atoms with E-state index in [-0.39, 0.29) is 17.3 Å². The molecule has 16 heavy (non-hydrogen) atoms. The first-order valence-electron chi connectivity index (χ1n) is 4.24. The number of alkyl halides is 3. The Bertz CT molecular complexity index is 400. The van der Waals surface area contributed by atoms with Crippen LogP contribution in [0.15, 0.2) is 29.8 Å². The highest BCUT2D eigenvalue weighted by Crippen LogP contribution is 2.32. The Morgan fingerprint density at radius 2 is 2.00 bits per heavy atom. The molecule has 0 aliphatic heterocycles. The summed E-state index contributed by atoms with van der Waals surface area (Å²) in [6, 6.07) is 2.64. The minimum Gasteiger partial charge on any atom is -0.380 e. The Balaban J connectivity index is 2.94. The summed E-state index contributed by atoms with van der Waals surface area (Å²) in [6.45, 7) is 3.48. The molecule has 0 radical (unpaired) electrons. The van der Waals surface area contributed by atoms with Crippen LogP contribution < -0.4 is 5.32 Å². The molecule has 0 saturated carbocycles. The van der Waals surface area contributed by atoms with E-state index in [0.29, 0.717) is 6.07 Å². The summed E-state index contributed by atoms with van der Waals surface area (Å²) >= 11 is 5.44. The van der Waals surface area contributed by atoms with E-state index in [0.717, 1.165) is 6.07 Å². The number of hydrogen-bond donors (Lipinski definition) is 1. The summed E-state index contributed by atoms with van der Waals surface area (Å²) in [5, 5.41) is 2.83. The molecule has 0 aromatic heterocycles. The molecule has 1 N–H and O–H groups in total. The topological polar surface area (TPSA) is 12.0 Å². The molecule has 0 unspecified atom stereocenters. The molecule has 1 aromatic rings. The summed E-state index contributed by atoms with van der Waals surface area (Å²) in [4.78, 5) is 0. The standard InChI is InChI=1S/C10H8ClF4N/c1-6(11)5-16-7-2-3-9(12)8(4-7)10(13,14)15/h2-4,16H,1,5H2. The van der Waals surface area contributed by atoms with Crippen LogP contribution in [0, 0.1) is 5.82 Å². The Hall–Kier alpha value is -1.23. The second kappa shape index (κ2) is 4.74. The van der Waals surface area contributed by atoms with Crippen LogP contribution in [0.5, 0.6) is 0 Å². The van der Waals surface area contributed by atoms with E-state index in [1.807, 2.05) is 0 Å². The Labute approximate surface area is 94.7 Å². The van der Waals surface area contributed by atoms with Crippen LogP contribution in [0.2, 0.25) is 0 Å². The maximum Gasteiger partial charge on any atom is 0.419 e. The van der Waals surface area contributed by atoms with Gasteiger partial charge < -0.3 is 5.32 Å². The average Bonchev–Trinajstić information content (AvgIpc) is 2.14. The second-order valence-electron chi connectivity index (χ2n) is 3.06. The number of benzene rings is 1. The molecule has 1 rings (SSSR count). The van der Waals surface area contributed by atoms with E-state index in [1.54, 1.807) is 0 Å². The van der Waals surface area contributed by atoms with Crippen molar-refractivity contribution in [2.45, 2.75) is 6.18 Å². The molecule has 0 saturated heterocycles. The lowest BCUT2D eigenvalue weighted by molar-refractivity contribution is -0.139. The molecule has 0 fully saturated rings. The first-order valence-corrected chi connectivity index (χ1v) is 4.62. The maximum atomic E-state index is 12.9. The lowest BCUT2D eigenvalue weighted by Gasteiger charge is -2.11. The minimum atomic E-state index is -4.71. The molecule has 0 aliphatic carbocycles. The third kappa shape index (κ3) is 3.41.